The zero-order valence-corrected chi connectivity index (χ0v) is 24.6. The number of benzene rings is 2. The van der Waals surface area contributed by atoms with Gasteiger partial charge < -0.3 is 11.9 Å². The lowest BCUT2D eigenvalue weighted by Gasteiger charge is -2.05. The maximum absolute atomic E-state index is 13.8. The Kier molecular flexibility index (Phi) is 16.7. The third-order valence-corrected chi connectivity index (χ3v) is 7.03. The number of hydrogen-bond acceptors (Lipinski definition) is 11. The van der Waals surface area contributed by atoms with Crippen molar-refractivity contribution < 1.29 is 8.78 Å². The summed E-state index contributed by atoms with van der Waals surface area (Å²) in [6.45, 7) is 0.401. The lowest BCUT2D eigenvalue weighted by atomic mass is 10.2. The van der Waals surface area contributed by atoms with E-state index in [-0.39, 0.29) is 83.0 Å². The molecule has 0 aliphatic carbocycles. The third kappa shape index (κ3) is 9.52. The summed E-state index contributed by atoms with van der Waals surface area (Å²) in [5, 5.41) is 29.5. The Morgan fingerprint density at radius 1 is 0.804 bits per heavy atom. The predicted molar refractivity (Wildman–Crippen MR) is 181 cm³/mol. The Morgan fingerprint density at radius 2 is 1.26 bits per heavy atom. The van der Waals surface area contributed by atoms with Gasteiger partial charge in [-0.2, -0.15) is 10.2 Å². The smallest absolute Gasteiger partial charge is 0.252 e. The molecule has 12 nitrogen and oxygen atoms in total. The number of amidine groups is 1. The van der Waals surface area contributed by atoms with Gasteiger partial charge in [0.25, 0.3) is 5.82 Å². The van der Waals surface area contributed by atoms with E-state index in [1.54, 1.807) is 48.8 Å². The molecule has 17 heteroatoms. The van der Waals surface area contributed by atoms with Crippen molar-refractivity contribution in [3.8, 4) is 27.7 Å². The van der Waals surface area contributed by atoms with Crippen LogP contribution >= 0.6 is 35.1 Å². The Morgan fingerprint density at radius 3 is 1.67 bits per heavy atom. The molecule has 0 saturated carbocycles. The van der Waals surface area contributed by atoms with Gasteiger partial charge in [-0.1, -0.05) is 58.7 Å². The van der Waals surface area contributed by atoms with Crippen LogP contribution < -0.4 is 11.9 Å². The highest BCUT2D eigenvalue weighted by molar-refractivity contribution is 7.13. The topological polar surface area (TPSA) is 196 Å². The van der Waals surface area contributed by atoms with E-state index in [2.05, 4.69) is 30.1 Å². The average molecular weight is 689 g/mol. The zero-order chi connectivity index (χ0) is 28.8. The number of nitrogens with zero attached hydrogens (tertiary/aromatic N) is 9. The van der Waals surface area contributed by atoms with Crippen molar-refractivity contribution in [3.05, 3.63) is 106 Å². The van der Waals surface area contributed by atoms with E-state index in [9.17, 15) is 8.78 Å². The van der Waals surface area contributed by atoms with Crippen LogP contribution in [0.3, 0.4) is 0 Å². The second-order valence-electron chi connectivity index (χ2n) is 8.22. The van der Waals surface area contributed by atoms with Crippen LogP contribution in [0, 0.1) is 28.4 Å². The van der Waals surface area contributed by atoms with Crippen molar-refractivity contribution >= 4 is 40.9 Å². The zero-order valence-electron chi connectivity index (χ0n) is 22.1. The fourth-order valence-electron chi connectivity index (χ4n) is 3.63. The first-order chi connectivity index (χ1) is 19.9. The maximum Gasteiger partial charge on any atom is 0.252 e. The number of rotatable bonds is 7. The molecule has 6 aromatic rings. The second kappa shape index (κ2) is 18.8. The second-order valence-corrected chi connectivity index (χ2v) is 10.0. The third-order valence-electron chi connectivity index (χ3n) is 5.49. The van der Waals surface area contributed by atoms with Gasteiger partial charge in [-0.05, 0) is 12.1 Å². The number of nitrogens with one attached hydrogen (secondary N) is 1. The van der Waals surface area contributed by atoms with Gasteiger partial charge in [0.1, 0.15) is 17.7 Å². The van der Waals surface area contributed by atoms with Crippen LogP contribution in [0.2, 0.25) is 0 Å². The Labute approximate surface area is 280 Å². The normalized spacial score (nSPS) is 9.41. The molecule has 6 rings (SSSR count). The maximum atomic E-state index is 13.8. The van der Waals surface area contributed by atoms with E-state index < -0.39 is 0 Å². The number of nitrogen functional groups attached to an aromatic ring is 1. The summed E-state index contributed by atoms with van der Waals surface area (Å²) in [6, 6.07) is 14.8. The van der Waals surface area contributed by atoms with Crippen LogP contribution in [0.25, 0.3) is 21.7 Å². The Hall–Kier alpha value is -4.95. The van der Waals surface area contributed by atoms with Gasteiger partial charge in [0.05, 0.1) is 13.1 Å². The quantitative estimate of drug-likeness (QED) is 0.119. The van der Waals surface area contributed by atoms with Crippen molar-refractivity contribution in [1.29, 1.82) is 10.7 Å². The van der Waals surface area contributed by atoms with Crippen LogP contribution in [0.15, 0.2) is 71.7 Å². The highest BCUT2D eigenvalue weighted by atomic mass is 35.5. The van der Waals surface area contributed by atoms with Crippen molar-refractivity contribution in [2.24, 2.45) is 5.73 Å². The molecule has 0 atom stereocenters. The summed E-state index contributed by atoms with van der Waals surface area (Å²) in [6.07, 6.45) is 3.30. The number of nitriles is 1. The molecule has 0 saturated heterocycles. The van der Waals surface area contributed by atoms with E-state index >= 15 is 0 Å². The van der Waals surface area contributed by atoms with Gasteiger partial charge in [0.15, 0.2) is 27.5 Å². The Bertz CT molecular complexity index is 1830. The Balaban J connectivity index is 0.000000795. The summed E-state index contributed by atoms with van der Waals surface area (Å²) in [5.74, 6) is 0.232. The minimum Gasteiger partial charge on any atom is -0.381 e. The minimum atomic E-state index is -0.317. The van der Waals surface area contributed by atoms with Gasteiger partial charge in [0.2, 0.25) is 5.82 Å². The molecule has 4 aromatic heterocycles. The molecule has 0 fully saturated rings. The number of aromatic nitrogens is 8. The van der Waals surface area contributed by atoms with Crippen molar-refractivity contribution in [1.82, 2.24) is 45.6 Å². The molecule has 0 unspecified atom stereocenters. The highest BCUT2D eigenvalue weighted by Crippen LogP contribution is 2.22. The number of thiazole rings is 2. The molecule has 6 N–H and O–H groups in total. The molecular weight excluding hydrogens is 654 g/mol. The van der Waals surface area contributed by atoms with Gasteiger partial charge in [-0.25, -0.2) is 33.1 Å². The van der Waals surface area contributed by atoms with E-state index in [0.717, 1.165) is 0 Å². The fraction of sp³-hybridized carbons (Fsp3) is 0.172. The molecule has 2 aromatic carbocycles. The SMILES string of the molecule is C.C.C.Cl.N.N#Cc1nc(-c2nccs2)n(Cc2ccccc2F)n1.N=C(N)c1nc(-c2nccs2)n(Cc2ccccc2F)n1. The molecule has 244 valence electrons. The van der Waals surface area contributed by atoms with Gasteiger partial charge in [-0.15, -0.1) is 45.3 Å². The minimum absolute atomic E-state index is 0. The number of hydrogen-bond donors (Lipinski definition) is 3. The van der Waals surface area contributed by atoms with E-state index in [4.69, 9.17) is 16.4 Å². The molecule has 0 amide bonds. The standard InChI is InChI=1S/C13H11FN6S.C13H8FN5S.3CH4.ClH.H3N/c14-9-4-2-1-3-8(9)7-20-12(13-17-5-6-21-13)18-11(19-20)10(15)16;14-10-4-2-1-3-9(10)8-19-12(13-16-5-6-20-13)17-11(7-15)18-19;;;;;/h1-6H,7H2,(H3,15,16);1-6H,8H2;3*1H4;1H;1H3. The summed E-state index contributed by atoms with van der Waals surface area (Å²) in [7, 11) is 0. The van der Waals surface area contributed by atoms with Crippen molar-refractivity contribution in [2.75, 3.05) is 0 Å². The first kappa shape index (κ1) is 41.0. The first-order valence-electron chi connectivity index (χ1n) is 11.8. The number of nitrogens with two attached hydrogens (primary N) is 1. The first-order valence-corrected chi connectivity index (χ1v) is 13.6. The molecule has 0 radical (unpaired) electrons. The van der Waals surface area contributed by atoms with Crippen molar-refractivity contribution in [3.63, 3.8) is 0 Å². The summed E-state index contributed by atoms with van der Waals surface area (Å²) < 4.78 is 30.5. The lowest BCUT2D eigenvalue weighted by molar-refractivity contribution is 0.586. The van der Waals surface area contributed by atoms with E-state index in [1.165, 1.54) is 44.2 Å². The summed E-state index contributed by atoms with van der Waals surface area (Å²) in [5.41, 5.74) is 6.39. The molecule has 0 bridgehead atoms. The molecule has 46 heavy (non-hydrogen) atoms. The molecular formula is C29H35ClF2N12S2. The van der Waals surface area contributed by atoms with Crippen LogP contribution in [-0.4, -0.2) is 45.3 Å². The summed E-state index contributed by atoms with van der Waals surface area (Å²) in [4.78, 5) is 16.6. The van der Waals surface area contributed by atoms with E-state index in [1.807, 2.05) is 16.8 Å². The van der Waals surface area contributed by atoms with Gasteiger partial charge in [-0.3, -0.25) is 5.41 Å². The van der Waals surface area contributed by atoms with Crippen molar-refractivity contribution in [2.45, 2.75) is 35.4 Å². The van der Waals surface area contributed by atoms with Gasteiger partial charge in [0, 0.05) is 34.3 Å². The number of halogens is 3. The molecule has 4 heterocycles. The largest absolute Gasteiger partial charge is 0.381 e. The van der Waals surface area contributed by atoms with Crippen LogP contribution in [0.1, 0.15) is 45.1 Å². The highest BCUT2D eigenvalue weighted by Gasteiger charge is 2.17. The molecule has 0 aliphatic rings. The van der Waals surface area contributed by atoms with Crippen LogP contribution in [0.4, 0.5) is 8.78 Å². The molecule has 0 spiro atoms. The lowest BCUT2D eigenvalue weighted by Crippen LogP contribution is -2.14. The van der Waals surface area contributed by atoms with E-state index in [0.29, 0.717) is 32.8 Å². The molecule has 0 aliphatic heterocycles. The van der Waals surface area contributed by atoms with Crippen LogP contribution in [0.5, 0.6) is 0 Å². The fourth-order valence-corrected chi connectivity index (χ4v) is 4.88. The monoisotopic (exact) mass is 688 g/mol. The van der Waals surface area contributed by atoms with Crippen LogP contribution in [-0.2, 0) is 13.1 Å². The average Bonchev–Trinajstić information content (AvgIpc) is 3.78. The van der Waals surface area contributed by atoms with Gasteiger partial charge >= 0.3 is 0 Å². The predicted octanol–water partition coefficient (Wildman–Crippen LogP) is 6.83. The summed E-state index contributed by atoms with van der Waals surface area (Å²) >= 11 is 2.78.